The Labute approximate surface area is 176 Å². The summed E-state index contributed by atoms with van der Waals surface area (Å²) in [6.45, 7) is 8.12. The molecule has 30 heavy (non-hydrogen) atoms. The molecular weight excluding hydrogens is 382 g/mol. The molecule has 7 nitrogen and oxygen atoms in total. The number of ether oxygens (including phenoxy) is 2. The predicted octanol–water partition coefficient (Wildman–Crippen LogP) is 3.44. The number of carbonyl (C=O) groups is 2. The van der Waals surface area contributed by atoms with Gasteiger partial charge in [0.15, 0.2) is 11.5 Å². The molecule has 1 aliphatic rings. The maximum Gasteiger partial charge on any atom is 0.262 e. The van der Waals surface area contributed by atoms with Crippen LogP contribution in [0, 0.1) is 5.92 Å². The number of hydrogen-bond acceptors (Lipinski definition) is 5. The molecule has 1 heterocycles. The molecule has 0 saturated heterocycles. The summed E-state index contributed by atoms with van der Waals surface area (Å²) in [4.78, 5) is 25.2. The molecule has 0 saturated carbocycles. The van der Waals surface area contributed by atoms with Crippen molar-refractivity contribution in [2.24, 2.45) is 11.0 Å². The molecule has 2 N–H and O–H groups in total. The molecule has 0 spiro atoms. The summed E-state index contributed by atoms with van der Waals surface area (Å²) >= 11 is 0. The van der Waals surface area contributed by atoms with Gasteiger partial charge in [0.05, 0.1) is 6.21 Å². The SMILES string of the molecule is CC(C)c1ccc(C=NNC(=O)C(NC(=O)c2ccc3c(c2)OCO3)C(C)C)cc1. The van der Waals surface area contributed by atoms with Gasteiger partial charge in [0, 0.05) is 5.56 Å². The summed E-state index contributed by atoms with van der Waals surface area (Å²) < 4.78 is 10.6. The van der Waals surface area contributed by atoms with Crippen LogP contribution in [0.5, 0.6) is 11.5 Å². The molecule has 7 heteroatoms. The number of nitrogens with one attached hydrogen (secondary N) is 2. The fourth-order valence-electron chi connectivity index (χ4n) is 3.00. The Morgan fingerprint density at radius 2 is 1.70 bits per heavy atom. The average molecular weight is 409 g/mol. The summed E-state index contributed by atoms with van der Waals surface area (Å²) in [5, 5.41) is 6.81. The molecule has 0 aromatic heterocycles. The van der Waals surface area contributed by atoms with Gasteiger partial charge in [-0.25, -0.2) is 5.43 Å². The number of benzene rings is 2. The lowest BCUT2D eigenvalue weighted by Crippen LogP contribution is -2.48. The fourth-order valence-corrected chi connectivity index (χ4v) is 3.00. The van der Waals surface area contributed by atoms with Gasteiger partial charge in [-0.1, -0.05) is 52.0 Å². The number of hydrazone groups is 1. The standard InChI is InChI=1S/C23H27N3O4/c1-14(2)17-7-5-16(6-8-17)12-24-26-23(28)21(15(3)4)25-22(27)18-9-10-19-20(11-18)30-13-29-19/h5-12,14-15,21H,13H2,1-4H3,(H,25,27)(H,26,28). The third-order valence-electron chi connectivity index (χ3n) is 4.86. The Bertz CT molecular complexity index is 936. The third-order valence-corrected chi connectivity index (χ3v) is 4.86. The van der Waals surface area contributed by atoms with Crippen LogP contribution < -0.4 is 20.2 Å². The summed E-state index contributed by atoms with van der Waals surface area (Å²) in [6, 6.07) is 12.2. The summed E-state index contributed by atoms with van der Waals surface area (Å²) in [5.41, 5.74) is 5.03. The highest BCUT2D eigenvalue weighted by atomic mass is 16.7. The van der Waals surface area contributed by atoms with E-state index in [1.807, 2.05) is 38.1 Å². The lowest BCUT2D eigenvalue weighted by molar-refractivity contribution is -0.123. The second kappa shape index (κ2) is 9.43. The molecule has 1 atom stereocenters. The van der Waals surface area contributed by atoms with Crippen LogP contribution in [0.25, 0.3) is 0 Å². The molecule has 3 rings (SSSR count). The maximum atomic E-state index is 12.6. The minimum atomic E-state index is -0.733. The van der Waals surface area contributed by atoms with E-state index in [2.05, 4.69) is 29.7 Å². The van der Waals surface area contributed by atoms with E-state index < -0.39 is 6.04 Å². The molecule has 1 unspecified atom stereocenters. The average Bonchev–Trinajstić information content (AvgIpc) is 3.19. The van der Waals surface area contributed by atoms with E-state index in [9.17, 15) is 9.59 Å². The smallest absolute Gasteiger partial charge is 0.262 e. The molecule has 158 valence electrons. The number of carbonyl (C=O) groups excluding carboxylic acids is 2. The Hall–Kier alpha value is -3.35. The van der Waals surface area contributed by atoms with E-state index in [0.717, 1.165) is 5.56 Å². The van der Waals surface area contributed by atoms with Crippen LogP contribution in [0.1, 0.15) is 55.1 Å². The molecule has 0 aliphatic carbocycles. The van der Waals surface area contributed by atoms with Gasteiger partial charge in [-0.15, -0.1) is 0 Å². The lowest BCUT2D eigenvalue weighted by atomic mass is 10.0. The van der Waals surface area contributed by atoms with E-state index in [1.165, 1.54) is 5.56 Å². The number of nitrogens with zero attached hydrogens (tertiary/aromatic N) is 1. The van der Waals surface area contributed by atoms with Crippen molar-refractivity contribution in [1.29, 1.82) is 0 Å². The van der Waals surface area contributed by atoms with E-state index in [4.69, 9.17) is 9.47 Å². The van der Waals surface area contributed by atoms with Crippen molar-refractivity contribution in [3.05, 3.63) is 59.2 Å². The van der Waals surface area contributed by atoms with Crippen LogP contribution in [0.4, 0.5) is 0 Å². The first-order chi connectivity index (χ1) is 14.3. The molecule has 0 fully saturated rings. The largest absolute Gasteiger partial charge is 0.454 e. The molecule has 0 bridgehead atoms. The normalized spacial score (nSPS) is 13.7. The lowest BCUT2D eigenvalue weighted by Gasteiger charge is -2.20. The van der Waals surface area contributed by atoms with Crippen LogP contribution in [-0.4, -0.2) is 30.9 Å². The van der Waals surface area contributed by atoms with Gasteiger partial charge in [0.25, 0.3) is 11.8 Å². The molecule has 2 aromatic rings. The van der Waals surface area contributed by atoms with Crippen LogP contribution in [-0.2, 0) is 4.79 Å². The monoisotopic (exact) mass is 409 g/mol. The van der Waals surface area contributed by atoms with Crippen LogP contribution >= 0.6 is 0 Å². The summed E-state index contributed by atoms with van der Waals surface area (Å²) in [5.74, 6) is 0.700. The van der Waals surface area contributed by atoms with Crippen molar-refractivity contribution in [3.8, 4) is 11.5 Å². The van der Waals surface area contributed by atoms with Crippen molar-refractivity contribution in [2.75, 3.05) is 6.79 Å². The maximum absolute atomic E-state index is 12.6. The Morgan fingerprint density at radius 1 is 1.00 bits per heavy atom. The minimum absolute atomic E-state index is 0.122. The van der Waals surface area contributed by atoms with Crippen molar-refractivity contribution in [3.63, 3.8) is 0 Å². The second-order valence-electron chi connectivity index (χ2n) is 7.82. The van der Waals surface area contributed by atoms with E-state index >= 15 is 0 Å². The Kier molecular flexibility index (Phi) is 6.72. The van der Waals surface area contributed by atoms with Gasteiger partial charge in [-0.2, -0.15) is 5.10 Å². The topological polar surface area (TPSA) is 89.0 Å². The van der Waals surface area contributed by atoms with Crippen molar-refractivity contribution in [1.82, 2.24) is 10.7 Å². The number of hydrogen-bond donors (Lipinski definition) is 2. The second-order valence-corrected chi connectivity index (χ2v) is 7.82. The van der Waals surface area contributed by atoms with Crippen molar-refractivity contribution >= 4 is 18.0 Å². The van der Waals surface area contributed by atoms with E-state index in [-0.39, 0.29) is 24.5 Å². The highest BCUT2D eigenvalue weighted by Crippen LogP contribution is 2.32. The first-order valence-electron chi connectivity index (χ1n) is 9.98. The zero-order chi connectivity index (χ0) is 21.7. The quantitative estimate of drug-likeness (QED) is 0.542. The van der Waals surface area contributed by atoms with Gasteiger partial charge in [-0.3, -0.25) is 9.59 Å². The minimum Gasteiger partial charge on any atom is -0.454 e. The van der Waals surface area contributed by atoms with Crippen LogP contribution in [0.2, 0.25) is 0 Å². The molecule has 2 aromatic carbocycles. The highest BCUT2D eigenvalue weighted by Gasteiger charge is 2.25. The Balaban J connectivity index is 1.61. The van der Waals surface area contributed by atoms with Crippen molar-refractivity contribution in [2.45, 2.75) is 39.7 Å². The first kappa shape index (κ1) is 21.4. The zero-order valence-corrected chi connectivity index (χ0v) is 17.6. The number of fused-ring (bicyclic) bond motifs is 1. The van der Waals surface area contributed by atoms with Gasteiger partial charge >= 0.3 is 0 Å². The number of amides is 2. The predicted molar refractivity (Wildman–Crippen MR) is 115 cm³/mol. The highest BCUT2D eigenvalue weighted by molar-refractivity contribution is 5.98. The molecule has 2 amide bonds. The fraction of sp³-hybridized carbons (Fsp3) is 0.348. The van der Waals surface area contributed by atoms with Crippen LogP contribution in [0.15, 0.2) is 47.6 Å². The first-order valence-corrected chi connectivity index (χ1v) is 9.98. The van der Waals surface area contributed by atoms with Crippen molar-refractivity contribution < 1.29 is 19.1 Å². The molecule has 1 aliphatic heterocycles. The molecule has 0 radical (unpaired) electrons. The van der Waals surface area contributed by atoms with Gasteiger partial charge in [0.1, 0.15) is 6.04 Å². The summed E-state index contributed by atoms with van der Waals surface area (Å²) in [7, 11) is 0. The van der Waals surface area contributed by atoms with E-state index in [1.54, 1.807) is 24.4 Å². The summed E-state index contributed by atoms with van der Waals surface area (Å²) in [6.07, 6.45) is 1.58. The van der Waals surface area contributed by atoms with Gasteiger partial charge in [-0.05, 0) is 41.2 Å². The third kappa shape index (κ3) is 5.17. The van der Waals surface area contributed by atoms with Gasteiger partial charge < -0.3 is 14.8 Å². The zero-order valence-electron chi connectivity index (χ0n) is 17.6. The van der Waals surface area contributed by atoms with Crippen LogP contribution in [0.3, 0.4) is 0 Å². The van der Waals surface area contributed by atoms with Gasteiger partial charge in [0.2, 0.25) is 6.79 Å². The number of rotatable bonds is 7. The molecular formula is C23H27N3O4. The Morgan fingerprint density at radius 3 is 2.37 bits per heavy atom. The van der Waals surface area contributed by atoms with E-state index in [0.29, 0.717) is 23.0 Å².